The van der Waals surface area contributed by atoms with Gasteiger partial charge >= 0.3 is 0 Å². The van der Waals surface area contributed by atoms with Gasteiger partial charge in [0, 0.05) is 19.5 Å². The van der Waals surface area contributed by atoms with Crippen LogP contribution in [0.2, 0.25) is 0 Å². The quantitative estimate of drug-likeness (QED) is 0.842. The van der Waals surface area contributed by atoms with Gasteiger partial charge < -0.3 is 10.6 Å². The molecule has 1 atom stereocenters. The number of hydrogen-bond acceptors (Lipinski definition) is 2. The molecular weight excluding hydrogens is 260 g/mol. The van der Waals surface area contributed by atoms with E-state index in [1.807, 2.05) is 0 Å². The van der Waals surface area contributed by atoms with Crippen molar-refractivity contribution >= 4 is 5.91 Å². The molecule has 1 unspecified atom stereocenters. The second-order valence-corrected chi connectivity index (χ2v) is 7.88. The Morgan fingerprint density at radius 1 is 1.10 bits per heavy atom. The largest absolute Gasteiger partial charge is 0.343 e. The molecule has 0 bridgehead atoms. The maximum absolute atomic E-state index is 12.5. The minimum atomic E-state index is 0.344. The molecule has 2 rings (SSSR count). The summed E-state index contributed by atoms with van der Waals surface area (Å²) in [5.41, 5.74) is 6.42. The molecule has 1 spiro atoms. The summed E-state index contributed by atoms with van der Waals surface area (Å²) in [6.07, 6.45) is 11.2. The minimum Gasteiger partial charge on any atom is -0.343 e. The summed E-state index contributed by atoms with van der Waals surface area (Å²) in [5, 5.41) is 0. The predicted molar refractivity (Wildman–Crippen MR) is 87.9 cm³/mol. The Bertz CT molecular complexity index is 324. The van der Waals surface area contributed by atoms with Crippen molar-refractivity contribution in [1.29, 1.82) is 0 Å². The summed E-state index contributed by atoms with van der Waals surface area (Å²) in [5.74, 6) is 1.33. The maximum Gasteiger partial charge on any atom is 0.222 e. The fourth-order valence-corrected chi connectivity index (χ4v) is 4.34. The molecule has 0 aromatic heterocycles. The zero-order valence-electron chi connectivity index (χ0n) is 14.1. The van der Waals surface area contributed by atoms with Crippen LogP contribution < -0.4 is 5.73 Å². The first-order valence-electron chi connectivity index (χ1n) is 9.02. The molecule has 1 saturated heterocycles. The van der Waals surface area contributed by atoms with Crippen molar-refractivity contribution in [2.45, 2.75) is 71.6 Å². The summed E-state index contributed by atoms with van der Waals surface area (Å²) in [7, 11) is 0. The van der Waals surface area contributed by atoms with Crippen molar-refractivity contribution in [2.75, 3.05) is 19.6 Å². The van der Waals surface area contributed by atoms with Crippen molar-refractivity contribution in [3.05, 3.63) is 0 Å². The van der Waals surface area contributed by atoms with Gasteiger partial charge in [-0.15, -0.1) is 0 Å². The number of nitrogens with zero attached hydrogens (tertiary/aromatic N) is 1. The summed E-state index contributed by atoms with van der Waals surface area (Å²) in [6, 6.07) is 0. The van der Waals surface area contributed by atoms with Crippen LogP contribution in [0, 0.1) is 17.3 Å². The van der Waals surface area contributed by atoms with Gasteiger partial charge in [-0.05, 0) is 55.9 Å². The average molecular weight is 294 g/mol. The van der Waals surface area contributed by atoms with Gasteiger partial charge in [0.25, 0.3) is 0 Å². The fourth-order valence-electron chi connectivity index (χ4n) is 4.34. The smallest absolute Gasteiger partial charge is 0.222 e. The third-order valence-electron chi connectivity index (χ3n) is 5.69. The number of carbonyl (C=O) groups excluding carboxylic acids is 1. The Labute approximate surface area is 130 Å². The van der Waals surface area contributed by atoms with Gasteiger partial charge in [-0.3, -0.25) is 4.79 Å². The molecule has 3 nitrogen and oxygen atoms in total. The van der Waals surface area contributed by atoms with Crippen molar-refractivity contribution in [2.24, 2.45) is 23.0 Å². The standard InChI is InChI=1S/C18H34N2O/c1-15(2)12-16(14-19)13-17(21)20-10-8-18(9-11-20)6-4-3-5-7-18/h15-16H,3-14,19H2,1-2H3. The highest BCUT2D eigenvalue weighted by molar-refractivity contribution is 5.76. The number of carbonyl (C=O) groups is 1. The highest BCUT2D eigenvalue weighted by atomic mass is 16.2. The Hall–Kier alpha value is -0.570. The lowest BCUT2D eigenvalue weighted by molar-refractivity contribution is -0.135. The topological polar surface area (TPSA) is 46.3 Å². The predicted octanol–water partition coefficient (Wildman–Crippen LogP) is 3.57. The fraction of sp³-hybridized carbons (Fsp3) is 0.944. The number of hydrogen-bond donors (Lipinski definition) is 1. The van der Waals surface area contributed by atoms with Crippen LogP contribution in [-0.2, 0) is 4.79 Å². The van der Waals surface area contributed by atoms with E-state index >= 15 is 0 Å². The second kappa shape index (κ2) is 7.62. The number of likely N-dealkylation sites (tertiary alicyclic amines) is 1. The van der Waals surface area contributed by atoms with Crippen LogP contribution in [-0.4, -0.2) is 30.4 Å². The van der Waals surface area contributed by atoms with Crippen LogP contribution in [0.4, 0.5) is 0 Å². The number of rotatable bonds is 5. The minimum absolute atomic E-state index is 0.344. The van der Waals surface area contributed by atoms with E-state index in [0.717, 1.165) is 19.5 Å². The van der Waals surface area contributed by atoms with E-state index in [1.165, 1.54) is 44.9 Å². The Morgan fingerprint density at radius 2 is 1.71 bits per heavy atom. The lowest BCUT2D eigenvalue weighted by Gasteiger charge is -2.44. The summed E-state index contributed by atoms with van der Waals surface area (Å²) in [6.45, 7) is 7.03. The van der Waals surface area contributed by atoms with E-state index in [1.54, 1.807) is 0 Å². The van der Waals surface area contributed by atoms with Crippen molar-refractivity contribution < 1.29 is 4.79 Å². The Morgan fingerprint density at radius 3 is 2.24 bits per heavy atom. The highest BCUT2D eigenvalue weighted by Crippen LogP contribution is 2.44. The van der Waals surface area contributed by atoms with Crippen molar-refractivity contribution in [1.82, 2.24) is 4.90 Å². The molecule has 0 aromatic rings. The van der Waals surface area contributed by atoms with Crippen LogP contribution in [0.1, 0.15) is 71.6 Å². The molecule has 2 aliphatic rings. The average Bonchev–Trinajstić information content (AvgIpc) is 2.47. The highest BCUT2D eigenvalue weighted by Gasteiger charge is 2.36. The van der Waals surface area contributed by atoms with E-state index in [2.05, 4.69) is 18.7 Å². The summed E-state index contributed by atoms with van der Waals surface area (Å²) >= 11 is 0. The normalized spacial score (nSPS) is 23.5. The van der Waals surface area contributed by atoms with Crippen molar-refractivity contribution in [3.8, 4) is 0 Å². The van der Waals surface area contributed by atoms with Crippen molar-refractivity contribution in [3.63, 3.8) is 0 Å². The second-order valence-electron chi connectivity index (χ2n) is 7.88. The number of amides is 1. The monoisotopic (exact) mass is 294 g/mol. The zero-order chi connectivity index (χ0) is 15.3. The van der Waals surface area contributed by atoms with Crippen LogP contribution in [0.25, 0.3) is 0 Å². The summed E-state index contributed by atoms with van der Waals surface area (Å²) in [4.78, 5) is 14.6. The molecular formula is C18H34N2O. The van der Waals surface area contributed by atoms with Gasteiger partial charge in [0.2, 0.25) is 5.91 Å². The SMILES string of the molecule is CC(C)CC(CN)CC(=O)N1CCC2(CCCCC2)CC1. The molecule has 1 aliphatic heterocycles. The van der Waals surface area contributed by atoms with Crippen LogP contribution in [0.3, 0.4) is 0 Å². The van der Waals surface area contributed by atoms with Gasteiger partial charge in [-0.25, -0.2) is 0 Å². The van der Waals surface area contributed by atoms with Gasteiger partial charge in [0.15, 0.2) is 0 Å². The molecule has 1 saturated carbocycles. The van der Waals surface area contributed by atoms with Gasteiger partial charge in [0.1, 0.15) is 0 Å². The maximum atomic E-state index is 12.5. The first-order chi connectivity index (χ1) is 10.0. The number of piperidine rings is 1. The van der Waals surface area contributed by atoms with E-state index in [9.17, 15) is 4.79 Å². The van der Waals surface area contributed by atoms with E-state index in [-0.39, 0.29) is 0 Å². The zero-order valence-corrected chi connectivity index (χ0v) is 14.1. The van der Waals surface area contributed by atoms with E-state index in [4.69, 9.17) is 5.73 Å². The molecule has 0 aromatic carbocycles. The molecule has 21 heavy (non-hydrogen) atoms. The lowest BCUT2D eigenvalue weighted by Crippen LogP contribution is -2.44. The van der Waals surface area contributed by atoms with Gasteiger partial charge in [-0.2, -0.15) is 0 Å². The molecule has 2 N–H and O–H groups in total. The third kappa shape index (κ3) is 4.70. The molecule has 3 heteroatoms. The van der Waals surface area contributed by atoms with Crippen LogP contribution in [0.15, 0.2) is 0 Å². The first-order valence-corrected chi connectivity index (χ1v) is 9.02. The number of nitrogens with two attached hydrogens (primary N) is 1. The lowest BCUT2D eigenvalue weighted by atomic mass is 9.68. The van der Waals surface area contributed by atoms with Crippen LogP contribution in [0.5, 0.6) is 0 Å². The first kappa shape index (κ1) is 16.8. The Kier molecular flexibility index (Phi) is 6.09. The molecule has 0 radical (unpaired) electrons. The third-order valence-corrected chi connectivity index (χ3v) is 5.69. The van der Waals surface area contributed by atoms with E-state index < -0.39 is 0 Å². The van der Waals surface area contributed by atoms with Gasteiger partial charge in [0.05, 0.1) is 0 Å². The molecule has 1 aliphatic carbocycles. The van der Waals surface area contributed by atoms with E-state index in [0.29, 0.717) is 36.1 Å². The molecule has 2 fully saturated rings. The molecule has 1 heterocycles. The van der Waals surface area contributed by atoms with Crippen LogP contribution >= 0.6 is 0 Å². The molecule has 122 valence electrons. The summed E-state index contributed by atoms with van der Waals surface area (Å²) < 4.78 is 0. The molecule has 1 amide bonds. The Balaban J connectivity index is 1.79. The van der Waals surface area contributed by atoms with Gasteiger partial charge in [-0.1, -0.05) is 33.1 Å².